The Kier molecular flexibility index (Phi) is 54.8. The molecule has 3 N–H and O–H groups in total. The molecule has 17 nitrogen and oxygen atoms in total. The van der Waals surface area contributed by atoms with E-state index in [1.807, 2.05) is 0 Å². The number of phosphoric acid groups is 2. The van der Waals surface area contributed by atoms with Crippen LogP contribution in [0.3, 0.4) is 0 Å². The molecule has 0 aliphatic heterocycles. The van der Waals surface area contributed by atoms with Crippen molar-refractivity contribution in [2.24, 2.45) is 23.7 Å². The number of aliphatic hydroxyl groups is 1. The Balaban J connectivity index is 5.25. The standard InChI is InChI=1S/C66H128O17P2/c1-56(2)42-34-26-18-13-10-9-11-15-21-32-40-48-65(70)82-61(52-76-63(68)46-38-30-23-17-20-28-36-44-58(5)6)54-80-84(72,73)78-50-60(67)51-79-85(74,75)81-55-62(53-77-64(69)47-39-31-25-24-29-37-45-59(7)8)83-66(71)49-41-33-22-16-12-14-19-27-35-43-57(3)4/h56-62,67H,9-55H2,1-8H3,(H,72,73)(H,74,75)/t60-,61-,62-/m1/s1. The fraction of sp³-hybridized carbons (Fsp3) is 0.939. The van der Waals surface area contributed by atoms with Crippen molar-refractivity contribution >= 4 is 39.5 Å². The van der Waals surface area contributed by atoms with Crippen molar-refractivity contribution in [3.8, 4) is 0 Å². The highest BCUT2D eigenvalue weighted by Gasteiger charge is 2.30. The molecule has 0 heterocycles. The summed E-state index contributed by atoms with van der Waals surface area (Å²) in [4.78, 5) is 72.3. The summed E-state index contributed by atoms with van der Waals surface area (Å²) in [5, 5.41) is 10.5. The Morgan fingerprint density at radius 3 is 0.729 bits per heavy atom. The lowest BCUT2D eigenvalue weighted by atomic mass is 10.0. The van der Waals surface area contributed by atoms with Gasteiger partial charge in [0.1, 0.15) is 19.3 Å². The smallest absolute Gasteiger partial charge is 0.462 e. The Morgan fingerprint density at radius 2 is 0.494 bits per heavy atom. The molecule has 19 heteroatoms. The molecule has 504 valence electrons. The van der Waals surface area contributed by atoms with Crippen LogP contribution in [-0.4, -0.2) is 96.7 Å². The van der Waals surface area contributed by atoms with Crippen LogP contribution in [0.1, 0.15) is 319 Å². The molecule has 0 bridgehead atoms. The summed E-state index contributed by atoms with van der Waals surface area (Å²) >= 11 is 0. The van der Waals surface area contributed by atoms with Crippen molar-refractivity contribution in [2.45, 2.75) is 337 Å². The number of phosphoric ester groups is 2. The van der Waals surface area contributed by atoms with Crippen molar-refractivity contribution < 1.29 is 80.2 Å². The Morgan fingerprint density at radius 1 is 0.294 bits per heavy atom. The summed E-state index contributed by atoms with van der Waals surface area (Å²) in [5.41, 5.74) is 0. The van der Waals surface area contributed by atoms with E-state index in [1.54, 1.807) is 0 Å². The second-order valence-electron chi connectivity index (χ2n) is 25.8. The van der Waals surface area contributed by atoms with Gasteiger partial charge in [-0.05, 0) is 49.4 Å². The van der Waals surface area contributed by atoms with Gasteiger partial charge < -0.3 is 33.8 Å². The molecule has 0 fully saturated rings. The van der Waals surface area contributed by atoms with E-state index in [0.717, 1.165) is 115 Å². The number of carbonyl (C=O) groups is 4. The molecule has 5 atom stereocenters. The van der Waals surface area contributed by atoms with Crippen LogP contribution in [0.5, 0.6) is 0 Å². The van der Waals surface area contributed by atoms with Gasteiger partial charge in [0.05, 0.1) is 26.4 Å². The summed E-state index contributed by atoms with van der Waals surface area (Å²) in [7, 11) is -9.89. The van der Waals surface area contributed by atoms with Crippen LogP contribution >= 0.6 is 15.6 Å². The number of unbranched alkanes of at least 4 members (excludes halogenated alkanes) is 29. The van der Waals surface area contributed by atoms with Gasteiger partial charge in [0.2, 0.25) is 0 Å². The molecule has 0 aromatic rings. The first-order valence-electron chi connectivity index (χ1n) is 34.2. The van der Waals surface area contributed by atoms with E-state index in [1.165, 1.54) is 109 Å². The lowest BCUT2D eigenvalue weighted by Gasteiger charge is -2.21. The minimum Gasteiger partial charge on any atom is -0.462 e. The third kappa shape index (κ3) is 60.7. The fourth-order valence-electron chi connectivity index (χ4n) is 9.78. The summed E-state index contributed by atoms with van der Waals surface area (Å²) in [5.74, 6) is 0.748. The summed E-state index contributed by atoms with van der Waals surface area (Å²) < 4.78 is 68.1. The van der Waals surface area contributed by atoms with Gasteiger partial charge in [0.15, 0.2) is 12.2 Å². The van der Waals surface area contributed by atoms with Crippen molar-refractivity contribution in [3.05, 3.63) is 0 Å². The SMILES string of the molecule is CC(C)CCCCCCCCCCCCCC(=O)O[C@H](COC(=O)CCCCCCCCCC(C)C)COP(=O)(O)OC[C@@H](O)COP(=O)(O)OC[C@@H](COC(=O)CCCCCCCCC(C)C)OC(=O)CCCCCCCCCCCC(C)C. The van der Waals surface area contributed by atoms with Crippen LogP contribution in [0.25, 0.3) is 0 Å². The summed E-state index contributed by atoms with van der Waals surface area (Å²) in [6.45, 7) is 14.0. The number of carbonyl (C=O) groups excluding carboxylic acids is 4. The molecule has 0 saturated carbocycles. The van der Waals surface area contributed by atoms with Crippen LogP contribution in [0.2, 0.25) is 0 Å². The molecule has 85 heavy (non-hydrogen) atoms. The molecule has 0 aliphatic carbocycles. The van der Waals surface area contributed by atoms with Gasteiger partial charge in [-0.3, -0.25) is 37.3 Å². The zero-order valence-corrected chi connectivity index (χ0v) is 57.0. The molecule has 0 saturated heterocycles. The second kappa shape index (κ2) is 56.1. The topological polar surface area (TPSA) is 237 Å². The average Bonchev–Trinajstić information content (AvgIpc) is 3.60. The highest BCUT2D eigenvalue weighted by Crippen LogP contribution is 2.45. The van der Waals surface area contributed by atoms with E-state index in [0.29, 0.717) is 37.5 Å². The molecular formula is C66H128O17P2. The van der Waals surface area contributed by atoms with Gasteiger partial charge in [-0.15, -0.1) is 0 Å². The van der Waals surface area contributed by atoms with Gasteiger partial charge >= 0.3 is 39.5 Å². The number of esters is 4. The van der Waals surface area contributed by atoms with Crippen LogP contribution in [0, 0.1) is 23.7 Å². The number of ether oxygens (including phenoxy) is 4. The molecular weight excluding hydrogens is 1130 g/mol. The zero-order valence-electron chi connectivity index (χ0n) is 55.2. The number of rotatable bonds is 63. The van der Waals surface area contributed by atoms with E-state index in [-0.39, 0.29) is 25.7 Å². The first-order chi connectivity index (χ1) is 40.6. The Labute approximate surface area is 517 Å². The largest absolute Gasteiger partial charge is 0.472 e. The van der Waals surface area contributed by atoms with Gasteiger partial charge in [0.25, 0.3) is 0 Å². The molecule has 0 aliphatic rings. The van der Waals surface area contributed by atoms with Gasteiger partial charge in [0, 0.05) is 25.7 Å². The van der Waals surface area contributed by atoms with E-state index in [4.69, 9.17) is 37.0 Å². The number of hydrogen-bond donors (Lipinski definition) is 3. The highest BCUT2D eigenvalue weighted by molar-refractivity contribution is 7.47. The monoisotopic (exact) mass is 1250 g/mol. The predicted octanol–water partition coefficient (Wildman–Crippen LogP) is 18.1. The maximum atomic E-state index is 13.0. The average molecular weight is 1260 g/mol. The highest BCUT2D eigenvalue weighted by atomic mass is 31.2. The molecule has 0 amide bonds. The van der Waals surface area contributed by atoms with Gasteiger partial charge in [-0.1, -0.05) is 267 Å². The first kappa shape index (κ1) is 83.1. The molecule has 0 spiro atoms. The first-order valence-corrected chi connectivity index (χ1v) is 37.2. The third-order valence-corrected chi connectivity index (χ3v) is 17.0. The van der Waals surface area contributed by atoms with E-state index >= 15 is 0 Å². The Bertz CT molecular complexity index is 1700. The number of aliphatic hydroxyl groups excluding tert-OH is 1. The van der Waals surface area contributed by atoms with E-state index in [9.17, 15) is 43.2 Å². The van der Waals surface area contributed by atoms with Crippen molar-refractivity contribution in [3.63, 3.8) is 0 Å². The summed E-state index contributed by atoms with van der Waals surface area (Å²) in [6.07, 6.45) is 36.4. The predicted molar refractivity (Wildman–Crippen MR) is 340 cm³/mol. The molecule has 2 unspecified atom stereocenters. The molecule has 0 aromatic carbocycles. The van der Waals surface area contributed by atoms with Crippen molar-refractivity contribution in [2.75, 3.05) is 39.6 Å². The quantitative estimate of drug-likeness (QED) is 0.0222. The fourth-order valence-corrected chi connectivity index (χ4v) is 11.4. The molecule has 0 radical (unpaired) electrons. The van der Waals surface area contributed by atoms with Crippen LogP contribution in [0.4, 0.5) is 0 Å². The van der Waals surface area contributed by atoms with Crippen LogP contribution in [0.15, 0.2) is 0 Å². The van der Waals surface area contributed by atoms with Gasteiger partial charge in [-0.25, -0.2) is 9.13 Å². The van der Waals surface area contributed by atoms with E-state index < -0.39 is 97.5 Å². The van der Waals surface area contributed by atoms with Gasteiger partial charge in [-0.2, -0.15) is 0 Å². The molecule has 0 aromatic heterocycles. The van der Waals surface area contributed by atoms with Crippen molar-refractivity contribution in [1.29, 1.82) is 0 Å². The van der Waals surface area contributed by atoms with Crippen LogP contribution in [-0.2, 0) is 65.4 Å². The second-order valence-corrected chi connectivity index (χ2v) is 28.7. The lowest BCUT2D eigenvalue weighted by molar-refractivity contribution is -0.161. The number of hydrogen-bond acceptors (Lipinski definition) is 15. The molecule has 0 rings (SSSR count). The summed E-state index contributed by atoms with van der Waals surface area (Å²) in [6, 6.07) is 0. The normalized spacial score (nSPS) is 14.4. The van der Waals surface area contributed by atoms with Crippen LogP contribution < -0.4 is 0 Å². The zero-order chi connectivity index (χ0) is 63.2. The minimum atomic E-state index is -4.95. The lowest BCUT2D eigenvalue weighted by Crippen LogP contribution is -2.30. The maximum Gasteiger partial charge on any atom is 0.472 e. The minimum absolute atomic E-state index is 0.103. The van der Waals surface area contributed by atoms with E-state index in [2.05, 4.69) is 55.4 Å². The maximum absolute atomic E-state index is 13.0. The Hall–Kier alpha value is -1.94. The third-order valence-electron chi connectivity index (χ3n) is 15.1. The van der Waals surface area contributed by atoms with Crippen molar-refractivity contribution in [1.82, 2.24) is 0 Å².